The Morgan fingerprint density at radius 2 is 1.47 bits per heavy atom. The lowest BCUT2D eigenvalue weighted by molar-refractivity contribution is -0.944. The SMILES string of the molecule is CC[N+](CC)(CC)C(C(=O)O)c1cc(CS(=O)/C=C/c2c(OC)cc(OC)cc2OC)ccc1OC. The van der Waals surface area contributed by atoms with Crippen molar-refractivity contribution >= 4 is 22.8 Å². The number of methoxy groups -OCH3 is 4. The summed E-state index contributed by atoms with van der Waals surface area (Å²) in [5.74, 6) is 1.46. The van der Waals surface area contributed by atoms with E-state index in [1.165, 1.54) is 7.11 Å². The van der Waals surface area contributed by atoms with Crippen LogP contribution in [-0.4, -0.2) is 67.8 Å². The lowest BCUT2D eigenvalue weighted by Gasteiger charge is -2.41. The van der Waals surface area contributed by atoms with E-state index in [9.17, 15) is 14.1 Å². The standard InChI is InChI=1S/C27H37NO7S/c1-8-28(9-2,10-3)26(27(29)30)22-15-19(11-12-23(22)33-5)18-36(31)14-13-21-24(34-6)16-20(32-4)17-25(21)35-7/h11-17,26H,8-10,18H2,1-7H3/p+1/b14-13+. The number of likely N-dealkylation sites (N-methyl/N-ethyl adjacent to an activating group) is 1. The van der Waals surface area contributed by atoms with Gasteiger partial charge in [-0.1, -0.05) is 6.07 Å². The van der Waals surface area contributed by atoms with Crippen LogP contribution in [0.4, 0.5) is 0 Å². The van der Waals surface area contributed by atoms with Gasteiger partial charge in [0.25, 0.3) is 0 Å². The van der Waals surface area contributed by atoms with Crippen molar-refractivity contribution < 1.29 is 37.5 Å². The summed E-state index contributed by atoms with van der Waals surface area (Å²) in [5.41, 5.74) is 1.99. The summed E-state index contributed by atoms with van der Waals surface area (Å²) >= 11 is 0. The molecule has 36 heavy (non-hydrogen) atoms. The lowest BCUT2D eigenvalue weighted by atomic mass is 9.98. The Labute approximate surface area is 216 Å². The number of quaternary nitrogens is 1. The van der Waals surface area contributed by atoms with Crippen molar-refractivity contribution in [1.82, 2.24) is 0 Å². The van der Waals surface area contributed by atoms with Gasteiger partial charge in [-0.05, 0) is 44.5 Å². The van der Waals surface area contributed by atoms with E-state index in [1.54, 1.807) is 51.0 Å². The summed E-state index contributed by atoms with van der Waals surface area (Å²) in [7, 11) is 4.80. The summed E-state index contributed by atoms with van der Waals surface area (Å²) in [6.07, 6.45) is 1.70. The summed E-state index contributed by atoms with van der Waals surface area (Å²) in [5, 5.41) is 11.8. The van der Waals surface area contributed by atoms with Gasteiger partial charge >= 0.3 is 5.97 Å². The summed E-state index contributed by atoms with van der Waals surface area (Å²) in [4.78, 5) is 12.5. The summed E-state index contributed by atoms with van der Waals surface area (Å²) < 4.78 is 35.1. The van der Waals surface area contributed by atoms with Gasteiger partial charge in [0.15, 0.2) is 0 Å². The molecule has 0 aliphatic heterocycles. The van der Waals surface area contributed by atoms with Crippen LogP contribution in [0.3, 0.4) is 0 Å². The van der Waals surface area contributed by atoms with Gasteiger partial charge < -0.3 is 28.5 Å². The maximum atomic E-state index is 13.0. The van der Waals surface area contributed by atoms with Gasteiger partial charge in [0.2, 0.25) is 6.04 Å². The Hall–Kier alpha value is -3.04. The minimum Gasteiger partial charge on any atom is -0.496 e. The molecule has 0 spiro atoms. The van der Waals surface area contributed by atoms with Crippen LogP contribution in [0.25, 0.3) is 6.08 Å². The highest BCUT2D eigenvalue weighted by Gasteiger charge is 2.41. The van der Waals surface area contributed by atoms with E-state index in [-0.39, 0.29) is 5.75 Å². The highest BCUT2D eigenvalue weighted by Crippen LogP contribution is 2.37. The quantitative estimate of drug-likeness (QED) is 0.363. The van der Waals surface area contributed by atoms with Crippen LogP contribution in [0.15, 0.2) is 35.7 Å². The Kier molecular flexibility index (Phi) is 10.8. The second-order valence-corrected chi connectivity index (χ2v) is 9.58. The zero-order valence-electron chi connectivity index (χ0n) is 22.2. The average molecular weight is 521 g/mol. The smallest absolute Gasteiger partial charge is 0.367 e. The molecule has 0 saturated heterocycles. The van der Waals surface area contributed by atoms with E-state index in [4.69, 9.17) is 18.9 Å². The van der Waals surface area contributed by atoms with Crippen LogP contribution in [0.5, 0.6) is 23.0 Å². The number of carboxylic acids is 1. The van der Waals surface area contributed by atoms with Gasteiger partial charge in [0, 0.05) is 17.5 Å². The fourth-order valence-electron chi connectivity index (χ4n) is 4.52. The molecule has 0 aliphatic carbocycles. The van der Waals surface area contributed by atoms with Crippen LogP contribution >= 0.6 is 0 Å². The highest BCUT2D eigenvalue weighted by molar-refractivity contribution is 7.87. The molecule has 0 amide bonds. The van der Waals surface area contributed by atoms with Crippen LogP contribution in [0.1, 0.15) is 43.5 Å². The molecular formula is C27H38NO7S+. The molecule has 0 fully saturated rings. The zero-order chi connectivity index (χ0) is 26.9. The number of carbonyl (C=O) groups is 1. The molecule has 1 N–H and O–H groups in total. The van der Waals surface area contributed by atoms with Crippen molar-refractivity contribution in [2.75, 3.05) is 48.1 Å². The first-order chi connectivity index (χ1) is 17.2. The molecule has 9 heteroatoms. The molecule has 2 aromatic rings. The predicted octanol–water partition coefficient (Wildman–Crippen LogP) is 4.64. The molecule has 198 valence electrons. The maximum absolute atomic E-state index is 13.0. The van der Waals surface area contributed by atoms with E-state index in [2.05, 4.69) is 0 Å². The number of hydrogen-bond acceptors (Lipinski definition) is 6. The fraction of sp³-hybridized carbons (Fsp3) is 0.444. The Morgan fingerprint density at radius 3 is 1.92 bits per heavy atom. The van der Waals surface area contributed by atoms with Crippen LogP contribution in [0, 0.1) is 0 Å². The third-order valence-electron chi connectivity index (χ3n) is 6.71. The number of carboxylic acid groups (broad SMARTS) is 1. The molecule has 0 saturated carbocycles. The van der Waals surface area contributed by atoms with Gasteiger partial charge in [-0.25, -0.2) is 4.79 Å². The normalized spacial score (nSPS) is 13.3. The summed E-state index contributed by atoms with van der Waals surface area (Å²) in [6.45, 7) is 8.00. The van der Waals surface area contributed by atoms with Gasteiger partial charge in [0.1, 0.15) is 23.0 Å². The first kappa shape index (κ1) is 29.2. The molecule has 8 nitrogen and oxygen atoms in total. The molecule has 0 radical (unpaired) electrons. The maximum Gasteiger partial charge on any atom is 0.367 e. The van der Waals surface area contributed by atoms with Crippen LogP contribution < -0.4 is 18.9 Å². The van der Waals surface area contributed by atoms with Crippen molar-refractivity contribution in [3.05, 3.63) is 52.4 Å². The number of benzene rings is 2. The predicted molar refractivity (Wildman–Crippen MR) is 142 cm³/mol. The van der Waals surface area contributed by atoms with Crippen molar-refractivity contribution in [2.24, 2.45) is 0 Å². The number of aliphatic carboxylic acids is 1. The van der Waals surface area contributed by atoms with Gasteiger partial charge in [-0.3, -0.25) is 4.21 Å². The number of rotatable bonds is 14. The minimum atomic E-state index is -1.38. The Bertz CT molecular complexity index is 1060. The van der Waals surface area contributed by atoms with E-state index in [0.29, 0.717) is 58.2 Å². The first-order valence-electron chi connectivity index (χ1n) is 11.8. The largest absolute Gasteiger partial charge is 0.496 e. The number of ether oxygens (including phenoxy) is 4. The lowest BCUT2D eigenvalue weighted by Crippen LogP contribution is -2.53. The third kappa shape index (κ3) is 6.39. The zero-order valence-corrected chi connectivity index (χ0v) is 23.0. The molecule has 2 atom stereocenters. The first-order valence-corrected chi connectivity index (χ1v) is 13.2. The van der Waals surface area contributed by atoms with Gasteiger partial charge in [-0.2, -0.15) is 0 Å². The Balaban J connectivity index is 2.42. The molecule has 0 aliphatic rings. The van der Waals surface area contributed by atoms with Gasteiger partial charge in [-0.15, -0.1) is 0 Å². The topological polar surface area (TPSA) is 91.3 Å². The van der Waals surface area contributed by atoms with Crippen molar-refractivity contribution in [3.63, 3.8) is 0 Å². The van der Waals surface area contributed by atoms with E-state index >= 15 is 0 Å². The van der Waals surface area contributed by atoms with Crippen molar-refractivity contribution in [3.8, 4) is 23.0 Å². The van der Waals surface area contributed by atoms with E-state index in [0.717, 1.165) is 5.56 Å². The number of hydrogen-bond donors (Lipinski definition) is 1. The van der Waals surface area contributed by atoms with Crippen LogP contribution in [0.2, 0.25) is 0 Å². The molecule has 2 rings (SSSR count). The second kappa shape index (κ2) is 13.3. The summed E-state index contributed by atoms with van der Waals surface area (Å²) in [6, 6.07) is 8.05. The van der Waals surface area contributed by atoms with Crippen molar-refractivity contribution in [2.45, 2.75) is 32.6 Å². The Morgan fingerprint density at radius 1 is 0.917 bits per heavy atom. The van der Waals surface area contributed by atoms with Crippen molar-refractivity contribution in [1.29, 1.82) is 0 Å². The monoisotopic (exact) mass is 520 g/mol. The minimum absolute atomic E-state index is 0.213. The number of nitrogens with zero attached hydrogens (tertiary/aromatic N) is 1. The van der Waals surface area contributed by atoms with E-state index < -0.39 is 22.8 Å². The molecular weight excluding hydrogens is 482 g/mol. The third-order valence-corrected chi connectivity index (χ3v) is 7.77. The second-order valence-electron chi connectivity index (χ2n) is 8.26. The molecule has 2 unspecified atom stereocenters. The average Bonchev–Trinajstić information content (AvgIpc) is 2.89. The highest BCUT2D eigenvalue weighted by atomic mass is 32.2. The fourth-order valence-corrected chi connectivity index (χ4v) is 5.41. The molecule has 2 aromatic carbocycles. The molecule has 0 heterocycles. The molecule has 0 aromatic heterocycles. The van der Waals surface area contributed by atoms with E-state index in [1.807, 2.05) is 32.9 Å². The van der Waals surface area contributed by atoms with Gasteiger partial charge in [0.05, 0.1) is 75.8 Å². The van der Waals surface area contributed by atoms with Crippen LogP contribution in [-0.2, 0) is 21.3 Å². The molecule has 0 bridgehead atoms.